The lowest BCUT2D eigenvalue weighted by molar-refractivity contribution is 0.0465. The summed E-state index contributed by atoms with van der Waals surface area (Å²) in [5.74, 6) is -0.563. The number of hydrogen-bond acceptors (Lipinski definition) is 4. The van der Waals surface area contributed by atoms with Crippen LogP contribution in [0.4, 0.5) is 0 Å². The molecule has 0 atom stereocenters. The predicted molar refractivity (Wildman–Crippen MR) is 112 cm³/mol. The molecule has 0 aliphatic carbocycles. The van der Waals surface area contributed by atoms with E-state index < -0.39 is 5.97 Å². The molecule has 1 aromatic heterocycles. The minimum absolute atomic E-state index is 0.120. The zero-order chi connectivity index (χ0) is 20.4. The molecule has 4 aromatic rings. The van der Waals surface area contributed by atoms with Gasteiger partial charge in [-0.2, -0.15) is 9.78 Å². The Balaban J connectivity index is 1.76. The van der Waals surface area contributed by atoms with Crippen LogP contribution in [0.15, 0.2) is 77.6 Å². The Bertz CT molecular complexity index is 1260. The van der Waals surface area contributed by atoms with Crippen molar-refractivity contribution in [1.29, 1.82) is 0 Å². The summed E-state index contributed by atoms with van der Waals surface area (Å²) >= 11 is 0. The highest BCUT2D eigenvalue weighted by Crippen LogP contribution is 2.18. The molecule has 0 fully saturated rings. The molecule has 0 N–H and O–H groups in total. The Hall–Kier alpha value is -3.73. The van der Waals surface area contributed by atoms with E-state index in [-0.39, 0.29) is 17.9 Å². The fourth-order valence-electron chi connectivity index (χ4n) is 3.25. The second-order valence-corrected chi connectivity index (χ2v) is 6.95. The van der Waals surface area contributed by atoms with Crippen molar-refractivity contribution in [1.82, 2.24) is 9.78 Å². The Morgan fingerprint density at radius 3 is 2.38 bits per heavy atom. The summed E-state index contributed by atoms with van der Waals surface area (Å²) in [5, 5.41) is 5.26. The summed E-state index contributed by atoms with van der Waals surface area (Å²) in [6.45, 7) is 4.12. The largest absolute Gasteiger partial charge is 0.456 e. The number of carbonyl (C=O) groups is 1. The standard InChI is InChI=1S/C24H20N2O3/c1-16-12-13-17(2)18(14-16)15-29-24(28)22-20-10-6-7-11-21(20)23(27)26(25-22)19-8-4-3-5-9-19/h3-14H,15H2,1-2H3. The normalized spacial score (nSPS) is 10.8. The molecule has 0 saturated heterocycles. The van der Waals surface area contributed by atoms with E-state index in [1.165, 1.54) is 4.68 Å². The fourth-order valence-corrected chi connectivity index (χ4v) is 3.25. The molecule has 1 heterocycles. The Morgan fingerprint density at radius 1 is 0.931 bits per heavy atom. The first-order valence-corrected chi connectivity index (χ1v) is 9.35. The second-order valence-electron chi connectivity index (χ2n) is 6.95. The number of rotatable bonds is 4. The first-order chi connectivity index (χ1) is 14.0. The van der Waals surface area contributed by atoms with E-state index in [1.807, 2.05) is 50.2 Å². The van der Waals surface area contributed by atoms with Gasteiger partial charge in [0.15, 0.2) is 5.69 Å². The zero-order valence-electron chi connectivity index (χ0n) is 16.3. The van der Waals surface area contributed by atoms with E-state index >= 15 is 0 Å². The Kier molecular flexibility index (Phi) is 4.96. The van der Waals surface area contributed by atoms with E-state index in [0.717, 1.165) is 16.7 Å². The summed E-state index contributed by atoms with van der Waals surface area (Å²) in [4.78, 5) is 25.8. The minimum Gasteiger partial charge on any atom is -0.456 e. The van der Waals surface area contributed by atoms with Crippen LogP contribution in [0.25, 0.3) is 16.5 Å². The van der Waals surface area contributed by atoms with Gasteiger partial charge in [0, 0.05) is 5.39 Å². The van der Waals surface area contributed by atoms with Gasteiger partial charge in [0.05, 0.1) is 11.1 Å². The topological polar surface area (TPSA) is 61.2 Å². The van der Waals surface area contributed by atoms with Crippen LogP contribution < -0.4 is 5.56 Å². The number of nitrogens with zero attached hydrogens (tertiary/aromatic N) is 2. The van der Waals surface area contributed by atoms with Crippen LogP contribution in [0.5, 0.6) is 0 Å². The number of benzene rings is 3. The van der Waals surface area contributed by atoms with Gasteiger partial charge < -0.3 is 4.74 Å². The third kappa shape index (κ3) is 3.67. The highest BCUT2D eigenvalue weighted by Gasteiger charge is 2.19. The molecule has 0 amide bonds. The van der Waals surface area contributed by atoms with Gasteiger partial charge in [-0.25, -0.2) is 4.79 Å². The molecule has 0 aliphatic rings. The van der Waals surface area contributed by atoms with Gasteiger partial charge in [-0.15, -0.1) is 0 Å². The molecule has 144 valence electrons. The van der Waals surface area contributed by atoms with Crippen LogP contribution in [-0.2, 0) is 11.3 Å². The van der Waals surface area contributed by atoms with Gasteiger partial charge in [-0.3, -0.25) is 4.79 Å². The molecule has 5 nitrogen and oxygen atoms in total. The predicted octanol–water partition coefficient (Wildman–Crippen LogP) is 4.36. The van der Waals surface area contributed by atoms with Crippen molar-refractivity contribution in [3.8, 4) is 5.69 Å². The Morgan fingerprint density at radius 2 is 1.62 bits per heavy atom. The molecule has 4 rings (SSSR count). The van der Waals surface area contributed by atoms with Gasteiger partial charge in [-0.05, 0) is 43.2 Å². The maximum Gasteiger partial charge on any atom is 0.359 e. The molecule has 29 heavy (non-hydrogen) atoms. The van der Waals surface area contributed by atoms with Crippen molar-refractivity contribution in [3.63, 3.8) is 0 Å². The number of aryl methyl sites for hydroxylation is 2. The van der Waals surface area contributed by atoms with Gasteiger partial charge >= 0.3 is 5.97 Å². The van der Waals surface area contributed by atoms with Crippen LogP contribution in [-0.4, -0.2) is 15.7 Å². The quantitative estimate of drug-likeness (QED) is 0.491. The van der Waals surface area contributed by atoms with Crippen molar-refractivity contribution < 1.29 is 9.53 Å². The van der Waals surface area contributed by atoms with E-state index in [9.17, 15) is 9.59 Å². The fraction of sp³-hybridized carbons (Fsp3) is 0.125. The molecule has 0 saturated carbocycles. The molecule has 0 unspecified atom stereocenters. The van der Waals surface area contributed by atoms with Crippen molar-refractivity contribution in [2.45, 2.75) is 20.5 Å². The SMILES string of the molecule is Cc1ccc(C)c(COC(=O)c2nn(-c3ccccc3)c(=O)c3ccccc23)c1. The number of hydrogen-bond donors (Lipinski definition) is 0. The Labute approximate surface area is 168 Å². The average molecular weight is 384 g/mol. The molecule has 0 radical (unpaired) electrons. The third-order valence-corrected chi connectivity index (χ3v) is 4.86. The first kappa shape index (κ1) is 18.6. The minimum atomic E-state index is -0.563. The molecule has 0 aliphatic heterocycles. The number of aromatic nitrogens is 2. The number of ether oxygens (including phenoxy) is 1. The highest BCUT2D eigenvalue weighted by atomic mass is 16.5. The van der Waals surface area contributed by atoms with Crippen molar-refractivity contribution in [2.24, 2.45) is 0 Å². The van der Waals surface area contributed by atoms with Crippen LogP contribution in [0.2, 0.25) is 0 Å². The second kappa shape index (κ2) is 7.72. The van der Waals surface area contributed by atoms with Crippen LogP contribution >= 0.6 is 0 Å². The molecule has 0 bridgehead atoms. The van der Waals surface area contributed by atoms with Crippen LogP contribution in [0.1, 0.15) is 27.2 Å². The number of esters is 1. The summed E-state index contributed by atoms with van der Waals surface area (Å²) in [6.07, 6.45) is 0. The van der Waals surface area contributed by atoms with Gasteiger partial charge in [0.1, 0.15) is 6.61 Å². The molecular formula is C24H20N2O3. The smallest absolute Gasteiger partial charge is 0.359 e. The third-order valence-electron chi connectivity index (χ3n) is 4.86. The lowest BCUT2D eigenvalue weighted by Crippen LogP contribution is -2.25. The summed E-state index contributed by atoms with van der Waals surface area (Å²) in [6, 6.07) is 22.0. The lowest BCUT2D eigenvalue weighted by atomic mass is 10.1. The molecule has 5 heteroatoms. The van der Waals surface area contributed by atoms with E-state index in [2.05, 4.69) is 5.10 Å². The summed E-state index contributed by atoms with van der Waals surface area (Å²) < 4.78 is 6.82. The molecular weight excluding hydrogens is 364 g/mol. The summed E-state index contributed by atoms with van der Waals surface area (Å²) in [5.41, 5.74) is 3.52. The lowest BCUT2D eigenvalue weighted by Gasteiger charge is -2.12. The molecule has 3 aromatic carbocycles. The van der Waals surface area contributed by atoms with Crippen molar-refractivity contribution in [2.75, 3.05) is 0 Å². The number of para-hydroxylation sites is 1. The van der Waals surface area contributed by atoms with E-state index in [0.29, 0.717) is 16.5 Å². The molecule has 0 spiro atoms. The van der Waals surface area contributed by atoms with E-state index in [4.69, 9.17) is 4.74 Å². The number of fused-ring (bicyclic) bond motifs is 1. The maximum atomic E-state index is 12.9. The van der Waals surface area contributed by atoms with Gasteiger partial charge in [-0.1, -0.05) is 60.2 Å². The zero-order valence-corrected chi connectivity index (χ0v) is 16.3. The van der Waals surface area contributed by atoms with Crippen LogP contribution in [0, 0.1) is 13.8 Å². The highest BCUT2D eigenvalue weighted by molar-refractivity contribution is 6.02. The van der Waals surface area contributed by atoms with Crippen LogP contribution in [0.3, 0.4) is 0 Å². The number of carbonyl (C=O) groups excluding carboxylic acids is 1. The van der Waals surface area contributed by atoms with Crippen molar-refractivity contribution in [3.05, 3.63) is 106 Å². The summed E-state index contributed by atoms with van der Waals surface area (Å²) in [7, 11) is 0. The van der Waals surface area contributed by atoms with Gasteiger partial charge in [0.25, 0.3) is 5.56 Å². The first-order valence-electron chi connectivity index (χ1n) is 9.35. The van der Waals surface area contributed by atoms with Gasteiger partial charge in [0.2, 0.25) is 0 Å². The maximum absolute atomic E-state index is 12.9. The van der Waals surface area contributed by atoms with Crippen molar-refractivity contribution >= 4 is 16.7 Å². The average Bonchev–Trinajstić information content (AvgIpc) is 2.75. The monoisotopic (exact) mass is 384 g/mol. The van der Waals surface area contributed by atoms with E-state index in [1.54, 1.807) is 36.4 Å².